The summed E-state index contributed by atoms with van der Waals surface area (Å²) < 4.78 is 25.6. The maximum atomic E-state index is 12.4. The summed E-state index contributed by atoms with van der Waals surface area (Å²) in [6.07, 6.45) is 6.01. The summed E-state index contributed by atoms with van der Waals surface area (Å²) in [5.41, 5.74) is 0.997. The van der Waals surface area contributed by atoms with E-state index in [2.05, 4.69) is 20.4 Å². The van der Waals surface area contributed by atoms with Gasteiger partial charge in [0.2, 0.25) is 0 Å². The number of hydrogen-bond acceptors (Lipinski definition) is 7. The number of hydrogen-bond donors (Lipinski definition) is 1. The van der Waals surface area contributed by atoms with Gasteiger partial charge in [-0.1, -0.05) is 11.3 Å². The van der Waals surface area contributed by atoms with Crippen molar-refractivity contribution in [3.8, 4) is 5.82 Å². The molecule has 0 atom stereocenters. The van der Waals surface area contributed by atoms with Gasteiger partial charge in [0, 0.05) is 24.8 Å². The van der Waals surface area contributed by atoms with E-state index in [4.69, 9.17) is 0 Å². The van der Waals surface area contributed by atoms with E-state index in [-0.39, 0.29) is 10.8 Å². The largest absolute Gasteiger partial charge is 0.298 e. The first kappa shape index (κ1) is 17.3. The van der Waals surface area contributed by atoms with Crippen molar-refractivity contribution in [2.24, 2.45) is 0 Å². The Morgan fingerprint density at radius 1 is 1.22 bits per heavy atom. The van der Waals surface area contributed by atoms with Crippen molar-refractivity contribution >= 4 is 42.4 Å². The minimum absolute atomic E-state index is 0.218. The Balaban J connectivity index is 1.55. The van der Waals surface area contributed by atoms with E-state index in [1.54, 1.807) is 47.4 Å². The molecule has 0 aliphatic carbocycles. The van der Waals surface area contributed by atoms with Crippen LogP contribution >= 0.6 is 11.3 Å². The zero-order chi connectivity index (χ0) is 19.0. The zero-order valence-corrected chi connectivity index (χ0v) is 15.7. The van der Waals surface area contributed by atoms with Crippen LogP contribution in [-0.4, -0.2) is 40.3 Å². The summed E-state index contributed by atoms with van der Waals surface area (Å²) in [6.45, 7) is 0. The van der Waals surface area contributed by atoms with Crippen molar-refractivity contribution in [1.82, 2.24) is 19.7 Å². The second kappa shape index (κ2) is 6.56. The Bertz CT molecular complexity index is 1230. The molecule has 10 heteroatoms. The molecule has 0 bridgehead atoms. The highest BCUT2D eigenvalue weighted by Crippen LogP contribution is 2.28. The Morgan fingerprint density at radius 2 is 2.07 bits per heavy atom. The number of anilines is 1. The molecule has 0 aliphatic rings. The number of carbonyl (C=O) groups excluding carboxylic acids is 1. The summed E-state index contributed by atoms with van der Waals surface area (Å²) in [5.74, 6) is 0.252. The summed E-state index contributed by atoms with van der Waals surface area (Å²) in [6, 6.07) is 9.80. The van der Waals surface area contributed by atoms with E-state index in [1.165, 1.54) is 23.6 Å². The van der Waals surface area contributed by atoms with Gasteiger partial charge in [0.15, 0.2) is 20.8 Å². The van der Waals surface area contributed by atoms with Crippen LogP contribution in [-0.2, 0) is 9.84 Å². The third-order valence-corrected chi connectivity index (χ3v) is 5.80. The highest BCUT2D eigenvalue weighted by Gasteiger charge is 2.13. The van der Waals surface area contributed by atoms with Crippen LogP contribution in [0.3, 0.4) is 0 Å². The highest BCUT2D eigenvalue weighted by molar-refractivity contribution is 7.90. The Labute approximate surface area is 158 Å². The third kappa shape index (κ3) is 3.57. The maximum absolute atomic E-state index is 12.4. The highest BCUT2D eigenvalue weighted by atomic mass is 32.2. The maximum Gasteiger partial charge on any atom is 0.259 e. The van der Waals surface area contributed by atoms with Gasteiger partial charge in [-0.25, -0.2) is 23.1 Å². The van der Waals surface area contributed by atoms with Gasteiger partial charge in [0.05, 0.1) is 20.7 Å². The minimum atomic E-state index is -3.30. The van der Waals surface area contributed by atoms with Gasteiger partial charge >= 0.3 is 0 Å². The number of fused-ring (bicyclic) bond motifs is 1. The molecule has 0 spiro atoms. The second-order valence-electron chi connectivity index (χ2n) is 5.73. The molecule has 4 rings (SSSR count). The number of carbonyl (C=O) groups is 1. The predicted molar refractivity (Wildman–Crippen MR) is 102 cm³/mol. The molecule has 1 aromatic carbocycles. The van der Waals surface area contributed by atoms with Gasteiger partial charge in [-0.05, 0) is 36.4 Å². The van der Waals surface area contributed by atoms with Crippen molar-refractivity contribution in [3.05, 3.63) is 60.6 Å². The summed E-state index contributed by atoms with van der Waals surface area (Å²) >= 11 is 1.21. The van der Waals surface area contributed by atoms with E-state index in [0.717, 1.165) is 6.26 Å². The Morgan fingerprint density at radius 3 is 2.74 bits per heavy atom. The van der Waals surface area contributed by atoms with Crippen LogP contribution in [0.25, 0.3) is 16.0 Å². The number of rotatable bonds is 4. The van der Waals surface area contributed by atoms with Crippen molar-refractivity contribution in [2.75, 3.05) is 11.6 Å². The predicted octanol–water partition coefficient (Wildman–Crippen LogP) is 2.53. The number of nitrogens with zero attached hydrogens (tertiary/aromatic N) is 4. The molecule has 0 saturated carbocycles. The minimum Gasteiger partial charge on any atom is -0.298 e. The van der Waals surface area contributed by atoms with Crippen molar-refractivity contribution in [1.29, 1.82) is 0 Å². The van der Waals surface area contributed by atoms with Crippen molar-refractivity contribution < 1.29 is 13.2 Å². The fraction of sp³-hybridized carbons (Fsp3) is 0.0588. The van der Waals surface area contributed by atoms with Crippen LogP contribution in [0.1, 0.15) is 10.4 Å². The number of amides is 1. The van der Waals surface area contributed by atoms with Gasteiger partial charge in [-0.2, -0.15) is 5.10 Å². The van der Waals surface area contributed by atoms with Gasteiger partial charge in [0.25, 0.3) is 5.91 Å². The molecule has 8 nitrogen and oxygen atoms in total. The lowest BCUT2D eigenvalue weighted by atomic mass is 10.2. The average molecular weight is 399 g/mol. The summed E-state index contributed by atoms with van der Waals surface area (Å²) in [4.78, 5) is 21.2. The van der Waals surface area contributed by atoms with Crippen LogP contribution in [0, 0.1) is 0 Å². The molecule has 0 fully saturated rings. The van der Waals surface area contributed by atoms with E-state index < -0.39 is 9.84 Å². The number of pyridine rings is 1. The topological polar surface area (TPSA) is 107 Å². The number of sulfone groups is 1. The lowest BCUT2D eigenvalue weighted by molar-refractivity contribution is 0.102. The monoisotopic (exact) mass is 399 g/mol. The van der Waals surface area contributed by atoms with E-state index in [0.29, 0.717) is 26.7 Å². The molecule has 1 amide bonds. The second-order valence-corrected chi connectivity index (χ2v) is 8.78. The number of nitrogens with one attached hydrogen (secondary N) is 1. The molecular formula is C17H13N5O3S2. The SMILES string of the molecule is CS(=O)(=O)c1ccc2nc(NC(=O)c3ccc(-n4cccn4)nc3)sc2c1. The number of benzene rings is 1. The molecule has 4 aromatic rings. The molecule has 0 aliphatic heterocycles. The Hall–Kier alpha value is -3.11. The van der Waals surface area contributed by atoms with E-state index >= 15 is 0 Å². The van der Waals surface area contributed by atoms with Gasteiger partial charge < -0.3 is 0 Å². The molecule has 0 radical (unpaired) electrons. The van der Waals surface area contributed by atoms with Gasteiger partial charge in [0.1, 0.15) is 0 Å². The van der Waals surface area contributed by atoms with Gasteiger partial charge in [-0.15, -0.1) is 0 Å². The fourth-order valence-electron chi connectivity index (χ4n) is 2.42. The van der Waals surface area contributed by atoms with Crippen molar-refractivity contribution in [2.45, 2.75) is 4.90 Å². The smallest absolute Gasteiger partial charge is 0.259 e. The Kier molecular flexibility index (Phi) is 4.21. The van der Waals surface area contributed by atoms with Crippen LogP contribution < -0.4 is 5.32 Å². The average Bonchev–Trinajstić information content (AvgIpc) is 3.29. The van der Waals surface area contributed by atoms with Crippen LogP contribution in [0.15, 0.2) is 59.9 Å². The molecule has 3 heterocycles. The lowest BCUT2D eigenvalue weighted by Crippen LogP contribution is -2.12. The zero-order valence-electron chi connectivity index (χ0n) is 14.0. The van der Waals surface area contributed by atoms with Gasteiger partial charge in [-0.3, -0.25) is 10.1 Å². The molecular weight excluding hydrogens is 386 g/mol. The van der Waals surface area contributed by atoms with Crippen LogP contribution in [0.5, 0.6) is 0 Å². The first-order chi connectivity index (χ1) is 12.9. The first-order valence-electron chi connectivity index (χ1n) is 7.78. The van der Waals surface area contributed by atoms with Crippen LogP contribution in [0.4, 0.5) is 5.13 Å². The molecule has 27 heavy (non-hydrogen) atoms. The molecule has 0 saturated heterocycles. The normalized spacial score (nSPS) is 11.6. The first-order valence-corrected chi connectivity index (χ1v) is 10.5. The van der Waals surface area contributed by atoms with E-state index in [1.807, 2.05) is 0 Å². The molecule has 136 valence electrons. The van der Waals surface area contributed by atoms with Crippen LogP contribution in [0.2, 0.25) is 0 Å². The lowest BCUT2D eigenvalue weighted by Gasteiger charge is -2.03. The third-order valence-electron chi connectivity index (χ3n) is 3.76. The summed E-state index contributed by atoms with van der Waals surface area (Å²) in [5, 5.41) is 7.18. The number of aromatic nitrogens is 4. The molecule has 0 unspecified atom stereocenters. The van der Waals surface area contributed by atoms with E-state index in [9.17, 15) is 13.2 Å². The quantitative estimate of drug-likeness (QED) is 0.565. The fourth-order valence-corrected chi connectivity index (χ4v) is 4.04. The standard InChI is InChI=1S/C17H13N5O3S2/c1-27(24,25)12-4-5-13-14(9-12)26-17(20-13)21-16(23)11-3-6-15(18-10-11)22-8-2-7-19-22/h2-10H,1H3,(H,20,21,23). The number of thiazole rings is 1. The molecule has 1 N–H and O–H groups in total. The van der Waals surface area contributed by atoms with Crippen molar-refractivity contribution in [3.63, 3.8) is 0 Å². The summed E-state index contributed by atoms with van der Waals surface area (Å²) in [7, 11) is -3.30. The molecule has 3 aromatic heterocycles.